The van der Waals surface area contributed by atoms with Crippen molar-refractivity contribution in [3.63, 3.8) is 0 Å². The largest absolute Gasteiger partial charge is 0.380 e. The summed E-state index contributed by atoms with van der Waals surface area (Å²) in [5, 5.41) is 0. The molecule has 0 saturated carbocycles. The van der Waals surface area contributed by atoms with Gasteiger partial charge in [0.25, 0.3) is 0 Å². The Morgan fingerprint density at radius 3 is 2.83 bits per heavy atom. The van der Waals surface area contributed by atoms with Gasteiger partial charge in [-0.25, -0.2) is 13.1 Å². The van der Waals surface area contributed by atoms with Gasteiger partial charge >= 0.3 is 0 Å². The third-order valence-electron chi connectivity index (χ3n) is 5.45. The van der Waals surface area contributed by atoms with Crippen molar-refractivity contribution in [1.82, 2.24) is 14.6 Å². The fraction of sp³-hybridized carbons (Fsp3) is 0.706. The summed E-state index contributed by atoms with van der Waals surface area (Å²) >= 11 is 0. The van der Waals surface area contributed by atoms with Crippen molar-refractivity contribution in [2.24, 2.45) is 5.41 Å². The number of piperidine rings is 1. The number of aromatic nitrogens is 1. The quantitative estimate of drug-likeness (QED) is 0.866. The first-order chi connectivity index (χ1) is 11.5. The average Bonchev–Trinajstić information content (AvgIpc) is 2.60. The topological polar surface area (TPSA) is 71.5 Å². The number of pyridine rings is 1. The maximum Gasteiger partial charge on any atom is 0.211 e. The molecule has 3 rings (SSSR count). The molecule has 6 nitrogen and oxygen atoms in total. The SMILES string of the molecule is CCS(=O)(=O)N[C@@H]1COCCC12CCN(Cc1cccnc1)CC2. The van der Waals surface area contributed by atoms with Gasteiger partial charge in [0.1, 0.15) is 0 Å². The number of ether oxygens (including phenoxy) is 1. The first-order valence-electron chi connectivity index (χ1n) is 8.72. The van der Waals surface area contributed by atoms with Crippen molar-refractivity contribution in [3.05, 3.63) is 30.1 Å². The van der Waals surface area contributed by atoms with Crippen LogP contribution in [0.4, 0.5) is 0 Å². The monoisotopic (exact) mass is 353 g/mol. The number of nitrogens with zero attached hydrogens (tertiary/aromatic N) is 2. The minimum Gasteiger partial charge on any atom is -0.380 e. The van der Waals surface area contributed by atoms with Crippen molar-refractivity contribution < 1.29 is 13.2 Å². The summed E-state index contributed by atoms with van der Waals surface area (Å²) in [6, 6.07) is 3.97. The standard InChI is InChI=1S/C17H27N3O3S/c1-2-24(21,22)19-16-14-23-11-7-17(16)5-9-20(10-6-17)13-15-4-3-8-18-12-15/h3-4,8,12,16,19H,2,5-7,9-11,13-14H2,1H3/t16-/m1/s1. The van der Waals surface area contributed by atoms with E-state index >= 15 is 0 Å². The number of likely N-dealkylation sites (tertiary alicyclic amines) is 1. The fourth-order valence-electron chi connectivity index (χ4n) is 3.79. The van der Waals surface area contributed by atoms with E-state index in [0.29, 0.717) is 6.61 Å². The molecule has 2 fully saturated rings. The number of sulfonamides is 1. The minimum atomic E-state index is -3.21. The molecule has 1 aromatic rings. The molecule has 0 unspecified atom stereocenters. The van der Waals surface area contributed by atoms with Crippen molar-refractivity contribution >= 4 is 10.0 Å². The molecule has 1 spiro atoms. The van der Waals surface area contributed by atoms with Crippen LogP contribution in [0, 0.1) is 5.41 Å². The Morgan fingerprint density at radius 2 is 2.17 bits per heavy atom. The number of nitrogens with one attached hydrogen (secondary N) is 1. The van der Waals surface area contributed by atoms with E-state index in [0.717, 1.165) is 45.5 Å². The van der Waals surface area contributed by atoms with Gasteiger partial charge in [-0.05, 0) is 56.3 Å². The molecule has 1 aromatic heterocycles. The zero-order chi connectivity index (χ0) is 17.0. The van der Waals surface area contributed by atoms with E-state index in [9.17, 15) is 8.42 Å². The summed E-state index contributed by atoms with van der Waals surface area (Å²) < 4.78 is 32.5. The Kier molecular flexibility index (Phi) is 5.54. The Balaban J connectivity index is 1.63. The molecule has 134 valence electrons. The van der Waals surface area contributed by atoms with Crippen molar-refractivity contribution in [3.8, 4) is 0 Å². The van der Waals surface area contributed by atoms with Gasteiger partial charge in [0.05, 0.1) is 18.4 Å². The van der Waals surface area contributed by atoms with E-state index in [2.05, 4.69) is 20.7 Å². The summed E-state index contributed by atoms with van der Waals surface area (Å²) in [4.78, 5) is 6.61. The maximum atomic E-state index is 12.0. The molecular formula is C17H27N3O3S. The van der Waals surface area contributed by atoms with Crippen LogP contribution in [0.25, 0.3) is 0 Å². The van der Waals surface area contributed by atoms with Gasteiger partial charge in [0.15, 0.2) is 0 Å². The second kappa shape index (κ2) is 7.47. The number of hydrogen-bond acceptors (Lipinski definition) is 5. The first-order valence-corrected chi connectivity index (χ1v) is 10.4. The van der Waals surface area contributed by atoms with E-state index in [1.807, 2.05) is 12.3 Å². The molecule has 0 radical (unpaired) electrons. The summed E-state index contributed by atoms with van der Waals surface area (Å²) in [6.07, 6.45) is 6.66. The fourth-order valence-corrected chi connectivity index (χ4v) is 4.71. The highest BCUT2D eigenvalue weighted by Gasteiger charge is 2.44. The summed E-state index contributed by atoms with van der Waals surface area (Å²) in [6.45, 7) is 5.77. The molecule has 7 heteroatoms. The van der Waals surface area contributed by atoms with Crippen LogP contribution in [-0.2, 0) is 21.3 Å². The molecule has 1 N–H and O–H groups in total. The zero-order valence-corrected chi connectivity index (χ0v) is 15.1. The van der Waals surface area contributed by atoms with Crippen LogP contribution in [0.15, 0.2) is 24.5 Å². The van der Waals surface area contributed by atoms with Crippen LogP contribution in [-0.4, -0.2) is 56.4 Å². The van der Waals surface area contributed by atoms with E-state index < -0.39 is 10.0 Å². The van der Waals surface area contributed by atoms with Crippen LogP contribution in [0.3, 0.4) is 0 Å². The molecule has 2 saturated heterocycles. The predicted octanol–water partition coefficient (Wildman–Crippen LogP) is 1.39. The third-order valence-corrected chi connectivity index (χ3v) is 6.85. The van der Waals surface area contributed by atoms with Crippen molar-refractivity contribution in [2.45, 2.75) is 38.8 Å². The lowest BCUT2D eigenvalue weighted by atomic mass is 9.69. The van der Waals surface area contributed by atoms with Crippen LogP contribution < -0.4 is 4.72 Å². The van der Waals surface area contributed by atoms with Gasteiger partial charge in [-0.1, -0.05) is 6.07 Å². The Hall–Kier alpha value is -1.02. The highest BCUT2D eigenvalue weighted by molar-refractivity contribution is 7.89. The lowest BCUT2D eigenvalue weighted by molar-refractivity contribution is -0.0445. The highest BCUT2D eigenvalue weighted by atomic mass is 32.2. The molecule has 2 aliphatic rings. The summed E-state index contributed by atoms with van der Waals surface area (Å²) in [5.41, 5.74) is 1.26. The average molecular weight is 353 g/mol. The van der Waals surface area contributed by atoms with Crippen LogP contribution >= 0.6 is 0 Å². The molecule has 0 bridgehead atoms. The highest BCUT2D eigenvalue weighted by Crippen LogP contribution is 2.41. The predicted molar refractivity (Wildman–Crippen MR) is 93.0 cm³/mol. The molecule has 1 atom stereocenters. The number of rotatable bonds is 5. The van der Waals surface area contributed by atoms with Gasteiger partial charge in [0, 0.05) is 25.5 Å². The van der Waals surface area contributed by atoms with Crippen molar-refractivity contribution in [2.75, 3.05) is 32.1 Å². The minimum absolute atomic E-state index is 0.0337. The smallest absolute Gasteiger partial charge is 0.211 e. The molecule has 2 aliphatic heterocycles. The lowest BCUT2D eigenvalue weighted by Crippen LogP contribution is -2.57. The molecule has 0 amide bonds. The van der Waals surface area contributed by atoms with E-state index in [1.165, 1.54) is 5.56 Å². The van der Waals surface area contributed by atoms with Crippen LogP contribution in [0.2, 0.25) is 0 Å². The Morgan fingerprint density at radius 1 is 1.38 bits per heavy atom. The van der Waals surface area contributed by atoms with E-state index in [1.54, 1.807) is 13.1 Å². The van der Waals surface area contributed by atoms with Crippen molar-refractivity contribution in [1.29, 1.82) is 0 Å². The van der Waals surface area contributed by atoms with Crippen LogP contribution in [0.1, 0.15) is 31.7 Å². The lowest BCUT2D eigenvalue weighted by Gasteiger charge is -2.49. The molecular weight excluding hydrogens is 326 g/mol. The summed E-state index contributed by atoms with van der Waals surface area (Å²) in [7, 11) is -3.21. The van der Waals surface area contributed by atoms with Gasteiger partial charge in [-0.2, -0.15) is 0 Å². The third kappa shape index (κ3) is 4.14. The normalized spacial score (nSPS) is 25.0. The zero-order valence-electron chi connectivity index (χ0n) is 14.3. The molecule has 0 aliphatic carbocycles. The summed E-state index contributed by atoms with van der Waals surface area (Å²) in [5.74, 6) is 0.118. The second-order valence-corrected chi connectivity index (χ2v) is 8.94. The molecule has 0 aromatic carbocycles. The Labute approximate surface area is 144 Å². The number of hydrogen-bond donors (Lipinski definition) is 1. The van der Waals surface area contributed by atoms with Gasteiger partial charge in [0.2, 0.25) is 10.0 Å². The second-order valence-electron chi connectivity index (χ2n) is 6.90. The Bertz CT molecular complexity index is 628. The van der Waals surface area contributed by atoms with Gasteiger partial charge < -0.3 is 4.74 Å². The molecule has 24 heavy (non-hydrogen) atoms. The van der Waals surface area contributed by atoms with E-state index in [-0.39, 0.29) is 17.2 Å². The van der Waals surface area contributed by atoms with E-state index in [4.69, 9.17) is 4.74 Å². The molecule has 3 heterocycles. The first kappa shape index (κ1) is 17.8. The maximum absolute atomic E-state index is 12.0. The van der Waals surface area contributed by atoms with Gasteiger partial charge in [-0.15, -0.1) is 0 Å². The van der Waals surface area contributed by atoms with Crippen LogP contribution in [0.5, 0.6) is 0 Å². The van der Waals surface area contributed by atoms with Gasteiger partial charge in [-0.3, -0.25) is 9.88 Å².